The number of aromatic nitrogens is 2. The van der Waals surface area contributed by atoms with E-state index in [0.29, 0.717) is 24.4 Å². The van der Waals surface area contributed by atoms with Crippen LogP contribution in [0.3, 0.4) is 0 Å². The fourth-order valence-corrected chi connectivity index (χ4v) is 2.30. The second kappa shape index (κ2) is 7.85. The number of hydrogen-bond donors (Lipinski definition) is 0. The molecule has 0 fully saturated rings. The Morgan fingerprint density at radius 2 is 2.05 bits per heavy atom. The molecule has 0 N–H and O–H groups in total. The van der Waals surface area contributed by atoms with E-state index in [4.69, 9.17) is 21.1 Å². The lowest BCUT2D eigenvalue weighted by Gasteiger charge is -2.28. The molecular weight excluding hydrogens is 266 g/mol. The predicted octanol–water partition coefficient (Wildman–Crippen LogP) is 1.87. The molecule has 0 amide bonds. The van der Waals surface area contributed by atoms with E-state index in [9.17, 15) is 0 Å². The molecule has 0 aliphatic rings. The molecule has 0 saturated carbocycles. The van der Waals surface area contributed by atoms with E-state index >= 15 is 0 Å². The van der Waals surface area contributed by atoms with Crippen LogP contribution in [0.5, 0.6) is 0 Å². The minimum absolute atomic E-state index is 0.302. The van der Waals surface area contributed by atoms with Crippen LogP contribution in [-0.4, -0.2) is 54.7 Å². The van der Waals surface area contributed by atoms with Crippen LogP contribution in [0, 0.1) is 6.92 Å². The number of methoxy groups -OCH3 is 2. The molecule has 6 heteroatoms. The maximum atomic E-state index is 6.29. The van der Waals surface area contributed by atoms with Gasteiger partial charge in [0.25, 0.3) is 0 Å². The third-order valence-electron chi connectivity index (χ3n) is 3.24. The van der Waals surface area contributed by atoms with E-state index in [1.54, 1.807) is 18.9 Å². The van der Waals surface area contributed by atoms with Gasteiger partial charge in [-0.15, -0.1) is 0 Å². The molecule has 0 aliphatic carbocycles. The van der Waals surface area contributed by atoms with Crippen molar-refractivity contribution in [1.29, 1.82) is 0 Å². The van der Waals surface area contributed by atoms with Crippen LogP contribution in [0.4, 0.5) is 0 Å². The average molecular weight is 290 g/mol. The van der Waals surface area contributed by atoms with Gasteiger partial charge in [-0.05, 0) is 13.8 Å². The molecule has 110 valence electrons. The quantitative estimate of drug-likeness (QED) is 0.732. The molecule has 19 heavy (non-hydrogen) atoms. The largest absolute Gasteiger partial charge is 0.383 e. The van der Waals surface area contributed by atoms with Crippen molar-refractivity contribution in [3.63, 3.8) is 0 Å². The van der Waals surface area contributed by atoms with E-state index < -0.39 is 0 Å². The van der Waals surface area contributed by atoms with Crippen molar-refractivity contribution in [1.82, 2.24) is 14.7 Å². The average Bonchev–Trinajstić information content (AvgIpc) is 2.60. The fourth-order valence-electron chi connectivity index (χ4n) is 2.07. The van der Waals surface area contributed by atoms with Gasteiger partial charge in [0.2, 0.25) is 0 Å². The predicted molar refractivity (Wildman–Crippen MR) is 76.6 cm³/mol. The highest BCUT2D eigenvalue weighted by molar-refractivity contribution is 6.30. The summed E-state index contributed by atoms with van der Waals surface area (Å²) in [7, 11) is 5.28. The summed E-state index contributed by atoms with van der Waals surface area (Å²) in [6.45, 7) is 7.08. The molecule has 1 aromatic heterocycles. The van der Waals surface area contributed by atoms with E-state index in [2.05, 4.69) is 16.9 Å². The lowest BCUT2D eigenvalue weighted by atomic mass is 10.2. The Morgan fingerprint density at radius 3 is 2.53 bits per heavy atom. The normalized spacial score (nSPS) is 13.2. The second-order valence-corrected chi connectivity index (χ2v) is 5.10. The Bertz CT molecular complexity index is 395. The summed E-state index contributed by atoms with van der Waals surface area (Å²) in [5, 5.41) is 5.04. The second-order valence-electron chi connectivity index (χ2n) is 4.75. The van der Waals surface area contributed by atoms with E-state index in [1.165, 1.54) is 0 Å². The van der Waals surface area contributed by atoms with Gasteiger partial charge in [0.05, 0.1) is 18.9 Å². The Morgan fingerprint density at radius 1 is 1.37 bits per heavy atom. The highest BCUT2D eigenvalue weighted by atomic mass is 35.5. The molecule has 1 heterocycles. The molecule has 0 spiro atoms. The summed E-state index contributed by atoms with van der Waals surface area (Å²) in [6.07, 6.45) is 0. The van der Waals surface area contributed by atoms with Gasteiger partial charge in [-0.25, -0.2) is 0 Å². The van der Waals surface area contributed by atoms with Gasteiger partial charge < -0.3 is 9.47 Å². The van der Waals surface area contributed by atoms with E-state index in [0.717, 1.165) is 24.3 Å². The molecule has 0 radical (unpaired) electrons. The van der Waals surface area contributed by atoms with Crippen molar-refractivity contribution < 1.29 is 9.47 Å². The number of aryl methyl sites for hydroxylation is 2. The highest BCUT2D eigenvalue weighted by Crippen LogP contribution is 2.21. The van der Waals surface area contributed by atoms with Crippen molar-refractivity contribution in [3.8, 4) is 0 Å². The SMILES string of the molecule is COCCN(Cc1c(C)nn(C)c1Cl)C(C)COC. The van der Waals surface area contributed by atoms with Crippen LogP contribution >= 0.6 is 11.6 Å². The fraction of sp³-hybridized carbons (Fsp3) is 0.769. The lowest BCUT2D eigenvalue weighted by molar-refractivity contribution is 0.0704. The smallest absolute Gasteiger partial charge is 0.131 e. The van der Waals surface area contributed by atoms with Crippen molar-refractivity contribution in [2.75, 3.05) is 34.0 Å². The van der Waals surface area contributed by atoms with Crippen LogP contribution in [0.2, 0.25) is 5.15 Å². The van der Waals surface area contributed by atoms with Crippen LogP contribution in [0.15, 0.2) is 0 Å². The molecule has 1 atom stereocenters. The van der Waals surface area contributed by atoms with Crippen molar-refractivity contribution in [2.45, 2.75) is 26.4 Å². The maximum absolute atomic E-state index is 6.29. The summed E-state index contributed by atoms with van der Waals surface area (Å²) in [5.41, 5.74) is 2.04. The van der Waals surface area contributed by atoms with Gasteiger partial charge in [0.1, 0.15) is 5.15 Å². The number of halogens is 1. The first-order valence-electron chi connectivity index (χ1n) is 6.41. The molecule has 5 nitrogen and oxygen atoms in total. The lowest BCUT2D eigenvalue weighted by Crippen LogP contribution is -2.38. The van der Waals surface area contributed by atoms with Gasteiger partial charge in [-0.1, -0.05) is 11.6 Å². The van der Waals surface area contributed by atoms with Crippen molar-refractivity contribution in [2.24, 2.45) is 7.05 Å². The summed E-state index contributed by atoms with van der Waals surface area (Å²) >= 11 is 6.29. The number of nitrogens with zero attached hydrogens (tertiary/aromatic N) is 3. The third-order valence-corrected chi connectivity index (χ3v) is 3.72. The summed E-state index contributed by atoms with van der Waals surface area (Å²) in [5.74, 6) is 0. The van der Waals surface area contributed by atoms with Crippen LogP contribution in [-0.2, 0) is 23.1 Å². The zero-order valence-electron chi connectivity index (χ0n) is 12.4. The minimum atomic E-state index is 0.302. The minimum Gasteiger partial charge on any atom is -0.383 e. The Balaban J connectivity index is 2.80. The molecule has 0 bridgehead atoms. The van der Waals surface area contributed by atoms with Gasteiger partial charge in [-0.2, -0.15) is 5.10 Å². The summed E-state index contributed by atoms with van der Waals surface area (Å²) in [6, 6.07) is 0.302. The Kier molecular flexibility index (Phi) is 6.79. The molecule has 1 aromatic rings. The molecule has 1 rings (SSSR count). The van der Waals surface area contributed by atoms with Gasteiger partial charge in [0.15, 0.2) is 0 Å². The number of rotatable bonds is 8. The summed E-state index contributed by atoms with van der Waals surface area (Å²) in [4.78, 5) is 2.29. The first-order valence-corrected chi connectivity index (χ1v) is 6.79. The summed E-state index contributed by atoms with van der Waals surface area (Å²) < 4.78 is 12.1. The monoisotopic (exact) mass is 289 g/mol. The Hall–Kier alpha value is -0.620. The van der Waals surface area contributed by atoms with E-state index in [1.807, 2.05) is 14.0 Å². The van der Waals surface area contributed by atoms with Crippen LogP contribution in [0.25, 0.3) is 0 Å². The van der Waals surface area contributed by atoms with Gasteiger partial charge >= 0.3 is 0 Å². The molecule has 0 aliphatic heterocycles. The van der Waals surface area contributed by atoms with E-state index in [-0.39, 0.29) is 0 Å². The molecule has 0 saturated heterocycles. The number of hydrogen-bond acceptors (Lipinski definition) is 4. The molecule has 0 aromatic carbocycles. The van der Waals surface area contributed by atoms with Crippen molar-refractivity contribution in [3.05, 3.63) is 16.4 Å². The van der Waals surface area contributed by atoms with Gasteiger partial charge in [0, 0.05) is 46.0 Å². The number of ether oxygens (including phenoxy) is 2. The Labute approximate surface area is 120 Å². The zero-order valence-corrected chi connectivity index (χ0v) is 13.2. The first-order chi connectivity index (χ1) is 9.01. The maximum Gasteiger partial charge on any atom is 0.131 e. The van der Waals surface area contributed by atoms with Gasteiger partial charge in [-0.3, -0.25) is 9.58 Å². The highest BCUT2D eigenvalue weighted by Gasteiger charge is 2.19. The standard InChI is InChI=1S/C13H24ClN3O2/c1-10(9-19-5)17(6-7-18-4)8-12-11(2)15-16(3)13(12)14/h10H,6-9H2,1-5H3. The van der Waals surface area contributed by atoms with Crippen LogP contribution in [0.1, 0.15) is 18.2 Å². The zero-order chi connectivity index (χ0) is 14.4. The topological polar surface area (TPSA) is 39.5 Å². The van der Waals surface area contributed by atoms with Crippen LogP contribution < -0.4 is 0 Å². The third kappa shape index (κ3) is 4.45. The van der Waals surface area contributed by atoms with Crippen molar-refractivity contribution >= 4 is 11.6 Å². The molecular formula is C13H24ClN3O2. The first kappa shape index (κ1) is 16.4. The molecule has 1 unspecified atom stereocenters.